The molecule has 0 amide bonds. The summed E-state index contributed by atoms with van der Waals surface area (Å²) in [5.74, 6) is 2.31. The third kappa shape index (κ3) is 5.42. The summed E-state index contributed by atoms with van der Waals surface area (Å²) in [4.78, 5) is 8.23. The largest absolute Gasteiger partial charge is 0.493 e. The molecular formula is C17H21ClN4O3. The number of methoxy groups -OCH3 is 2. The van der Waals surface area contributed by atoms with Crippen LogP contribution in [0.2, 0.25) is 5.02 Å². The molecule has 0 fully saturated rings. The molecule has 0 aliphatic rings. The molecule has 25 heavy (non-hydrogen) atoms. The number of hydrogen-bond acceptors (Lipinski definition) is 5. The number of pyridine rings is 1. The molecule has 0 saturated heterocycles. The molecule has 0 bridgehead atoms. The molecule has 0 atom stereocenters. The van der Waals surface area contributed by atoms with Crippen molar-refractivity contribution in [2.24, 2.45) is 4.99 Å². The van der Waals surface area contributed by atoms with Gasteiger partial charge in [0.25, 0.3) is 0 Å². The van der Waals surface area contributed by atoms with Crippen molar-refractivity contribution < 1.29 is 14.2 Å². The fourth-order valence-electron chi connectivity index (χ4n) is 2.02. The molecule has 1 aromatic carbocycles. The normalized spacial score (nSPS) is 11.0. The zero-order chi connectivity index (χ0) is 18.1. The molecular weight excluding hydrogens is 344 g/mol. The van der Waals surface area contributed by atoms with Crippen LogP contribution in [0.3, 0.4) is 0 Å². The van der Waals surface area contributed by atoms with Crippen LogP contribution in [0.5, 0.6) is 17.4 Å². The maximum atomic E-state index is 5.99. The van der Waals surface area contributed by atoms with Crippen LogP contribution in [0.1, 0.15) is 0 Å². The Hall–Kier alpha value is -2.67. The van der Waals surface area contributed by atoms with E-state index in [1.807, 2.05) is 18.2 Å². The maximum absolute atomic E-state index is 5.99. The number of anilines is 1. The van der Waals surface area contributed by atoms with Crippen LogP contribution in [-0.2, 0) is 0 Å². The van der Waals surface area contributed by atoms with E-state index in [0.29, 0.717) is 41.5 Å². The number of halogens is 1. The Bertz CT molecular complexity index is 725. The molecule has 2 rings (SSSR count). The highest BCUT2D eigenvalue weighted by Crippen LogP contribution is 2.29. The van der Waals surface area contributed by atoms with Gasteiger partial charge in [-0.25, -0.2) is 4.98 Å². The lowest BCUT2D eigenvalue weighted by molar-refractivity contribution is 0.310. The first kappa shape index (κ1) is 18.7. The lowest BCUT2D eigenvalue weighted by Gasteiger charge is -2.14. The van der Waals surface area contributed by atoms with Crippen LogP contribution in [0.4, 0.5) is 5.69 Å². The molecule has 0 aliphatic carbocycles. The fourth-order valence-corrected chi connectivity index (χ4v) is 2.20. The van der Waals surface area contributed by atoms with Crippen molar-refractivity contribution in [3.63, 3.8) is 0 Å². The Morgan fingerprint density at radius 2 is 2.00 bits per heavy atom. The highest BCUT2D eigenvalue weighted by Gasteiger charge is 2.06. The van der Waals surface area contributed by atoms with Crippen molar-refractivity contribution in [3.05, 3.63) is 41.6 Å². The van der Waals surface area contributed by atoms with Gasteiger partial charge >= 0.3 is 0 Å². The standard InChI is InChI=1S/C17H21ClN4O3/c1-19-17(21-9-10-25-16-13(18)5-4-8-20-16)22-12-6-7-14(23-2)15(11-12)24-3/h4-8,11H,9-10H2,1-3H3,(H2,19,21,22). The first-order valence-electron chi connectivity index (χ1n) is 7.61. The van der Waals surface area contributed by atoms with Crippen molar-refractivity contribution in [1.29, 1.82) is 0 Å². The van der Waals surface area contributed by atoms with Crippen LogP contribution in [0.25, 0.3) is 0 Å². The van der Waals surface area contributed by atoms with Crippen molar-refractivity contribution >= 4 is 23.2 Å². The third-order valence-corrected chi connectivity index (χ3v) is 3.52. The van der Waals surface area contributed by atoms with Gasteiger partial charge in [-0.2, -0.15) is 0 Å². The second kappa shape index (κ2) is 9.58. The van der Waals surface area contributed by atoms with Gasteiger partial charge in [-0.05, 0) is 24.3 Å². The number of aromatic nitrogens is 1. The van der Waals surface area contributed by atoms with Crippen molar-refractivity contribution in [3.8, 4) is 17.4 Å². The average molecular weight is 365 g/mol. The van der Waals surface area contributed by atoms with Crippen LogP contribution >= 0.6 is 11.6 Å². The number of nitrogens with one attached hydrogen (secondary N) is 2. The van der Waals surface area contributed by atoms with Gasteiger partial charge in [0.2, 0.25) is 5.88 Å². The van der Waals surface area contributed by atoms with E-state index >= 15 is 0 Å². The second-order valence-corrected chi connectivity index (χ2v) is 5.24. The molecule has 8 heteroatoms. The number of guanidine groups is 1. The van der Waals surface area contributed by atoms with E-state index in [9.17, 15) is 0 Å². The van der Waals surface area contributed by atoms with E-state index in [0.717, 1.165) is 5.69 Å². The highest BCUT2D eigenvalue weighted by atomic mass is 35.5. The molecule has 1 heterocycles. The molecule has 0 unspecified atom stereocenters. The van der Waals surface area contributed by atoms with Gasteiger partial charge in [-0.15, -0.1) is 0 Å². The summed E-state index contributed by atoms with van der Waals surface area (Å²) in [6.45, 7) is 0.920. The number of nitrogens with zero attached hydrogens (tertiary/aromatic N) is 2. The summed E-state index contributed by atoms with van der Waals surface area (Å²) in [6, 6.07) is 9.01. The van der Waals surface area contributed by atoms with E-state index in [4.69, 9.17) is 25.8 Å². The first-order chi connectivity index (χ1) is 12.2. The number of benzene rings is 1. The monoisotopic (exact) mass is 364 g/mol. The molecule has 1 aromatic heterocycles. The van der Waals surface area contributed by atoms with Crippen molar-refractivity contribution in [1.82, 2.24) is 10.3 Å². The summed E-state index contributed by atoms with van der Waals surface area (Å²) in [7, 11) is 4.88. The van der Waals surface area contributed by atoms with Gasteiger partial charge in [-0.3, -0.25) is 4.99 Å². The first-order valence-corrected chi connectivity index (χ1v) is 7.98. The lowest BCUT2D eigenvalue weighted by Crippen LogP contribution is -2.33. The molecule has 0 saturated carbocycles. The molecule has 0 aliphatic heterocycles. The topological polar surface area (TPSA) is 77.0 Å². The third-order valence-electron chi connectivity index (χ3n) is 3.23. The Morgan fingerprint density at radius 1 is 1.20 bits per heavy atom. The Morgan fingerprint density at radius 3 is 2.68 bits per heavy atom. The summed E-state index contributed by atoms with van der Waals surface area (Å²) < 4.78 is 16.0. The lowest BCUT2D eigenvalue weighted by atomic mass is 10.3. The van der Waals surface area contributed by atoms with E-state index in [1.165, 1.54) is 0 Å². The van der Waals surface area contributed by atoms with Gasteiger partial charge in [0.15, 0.2) is 17.5 Å². The van der Waals surface area contributed by atoms with Gasteiger partial charge in [-0.1, -0.05) is 11.6 Å². The van der Waals surface area contributed by atoms with Crippen molar-refractivity contribution in [2.75, 3.05) is 39.7 Å². The molecule has 2 N–H and O–H groups in total. The predicted octanol–water partition coefficient (Wildman–Crippen LogP) is 2.82. The van der Waals surface area contributed by atoms with Gasteiger partial charge in [0, 0.05) is 25.0 Å². The van der Waals surface area contributed by atoms with Crippen LogP contribution in [0.15, 0.2) is 41.5 Å². The minimum Gasteiger partial charge on any atom is -0.493 e. The minimum atomic E-state index is 0.392. The SMILES string of the molecule is CN=C(NCCOc1ncccc1Cl)Nc1ccc(OC)c(OC)c1. The van der Waals surface area contributed by atoms with Crippen molar-refractivity contribution in [2.45, 2.75) is 0 Å². The zero-order valence-corrected chi connectivity index (χ0v) is 15.1. The predicted molar refractivity (Wildman–Crippen MR) is 99.3 cm³/mol. The van der Waals surface area contributed by atoms with E-state index in [2.05, 4.69) is 20.6 Å². The van der Waals surface area contributed by atoms with Crippen LogP contribution < -0.4 is 24.8 Å². The average Bonchev–Trinajstić information content (AvgIpc) is 2.65. The van der Waals surface area contributed by atoms with E-state index in [1.54, 1.807) is 39.6 Å². The Kier molecular flexibility index (Phi) is 7.16. The minimum absolute atomic E-state index is 0.392. The zero-order valence-electron chi connectivity index (χ0n) is 14.4. The van der Waals surface area contributed by atoms with Crippen LogP contribution in [0, 0.1) is 0 Å². The summed E-state index contributed by atoms with van der Waals surface area (Å²) in [5.41, 5.74) is 0.819. The summed E-state index contributed by atoms with van der Waals surface area (Å²) in [6.07, 6.45) is 1.63. The number of ether oxygens (including phenoxy) is 3. The quantitative estimate of drug-likeness (QED) is 0.447. The molecule has 0 radical (unpaired) electrons. The van der Waals surface area contributed by atoms with Gasteiger partial charge in [0.1, 0.15) is 11.6 Å². The maximum Gasteiger partial charge on any atom is 0.232 e. The number of rotatable bonds is 7. The molecule has 7 nitrogen and oxygen atoms in total. The Labute approximate surface area is 152 Å². The second-order valence-electron chi connectivity index (χ2n) is 4.83. The fraction of sp³-hybridized carbons (Fsp3) is 0.294. The Balaban J connectivity index is 1.86. The molecule has 2 aromatic rings. The smallest absolute Gasteiger partial charge is 0.232 e. The van der Waals surface area contributed by atoms with Crippen LogP contribution in [-0.4, -0.2) is 45.4 Å². The van der Waals surface area contributed by atoms with Gasteiger partial charge in [0.05, 0.1) is 20.8 Å². The number of aliphatic imine (C=N–C) groups is 1. The van der Waals surface area contributed by atoms with Gasteiger partial charge < -0.3 is 24.8 Å². The molecule has 134 valence electrons. The van der Waals surface area contributed by atoms with E-state index < -0.39 is 0 Å². The number of hydrogen-bond donors (Lipinski definition) is 2. The summed E-state index contributed by atoms with van der Waals surface area (Å²) in [5, 5.41) is 6.80. The molecule has 0 spiro atoms. The highest BCUT2D eigenvalue weighted by molar-refractivity contribution is 6.31. The summed E-state index contributed by atoms with van der Waals surface area (Å²) >= 11 is 5.99. The van der Waals surface area contributed by atoms with E-state index in [-0.39, 0.29) is 0 Å².